The van der Waals surface area contributed by atoms with Crippen molar-refractivity contribution in [3.63, 3.8) is 0 Å². The number of benzene rings is 1. The predicted molar refractivity (Wildman–Crippen MR) is 68.0 cm³/mol. The van der Waals surface area contributed by atoms with Crippen molar-refractivity contribution in [2.24, 2.45) is 0 Å². The molecule has 0 saturated carbocycles. The number of nitrogens with zero attached hydrogens (tertiary/aromatic N) is 1. The number of nitrogen functional groups attached to an aromatic ring is 1. The molecule has 0 amide bonds. The van der Waals surface area contributed by atoms with Crippen molar-refractivity contribution < 1.29 is 24.2 Å². The second-order valence-corrected chi connectivity index (χ2v) is 3.94. The molecule has 7 heteroatoms. The minimum atomic E-state index is -1.38. The summed E-state index contributed by atoms with van der Waals surface area (Å²) in [4.78, 5) is 25.6. The van der Waals surface area contributed by atoms with Crippen LogP contribution in [0.5, 0.6) is 0 Å². The third-order valence-electron chi connectivity index (χ3n) is 2.62. The molecule has 1 aromatic carbocycles. The third kappa shape index (κ3) is 2.41. The van der Waals surface area contributed by atoms with Crippen LogP contribution in [0.3, 0.4) is 0 Å². The van der Waals surface area contributed by atoms with Crippen LogP contribution in [0.25, 0.3) is 11.1 Å². The Balaban J connectivity index is 2.71. The fourth-order valence-electron chi connectivity index (χ4n) is 1.72. The summed E-state index contributed by atoms with van der Waals surface area (Å²) < 4.78 is 13.8. The maximum Gasteiger partial charge on any atom is 0.355 e. The number of carboxylic acid groups (broad SMARTS) is 2. The molecule has 2 rings (SSSR count). The fourth-order valence-corrected chi connectivity index (χ4v) is 1.72. The molecule has 102 valence electrons. The van der Waals surface area contributed by atoms with E-state index in [4.69, 9.17) is 15.9 Å². The van der Waals surface area contributed by atoms with E-state index in [1.54, 1.807) is 0 Å². The van der Waals surface area contributed by atoms with Crippen molar-refractivity contribution in [1.29, 1.82) is 0 Å². The van der Waals surface area contributed by atoms with E-state index in [0.717, 1.165) is 18.2 Å². The average molecular weight is 276 g/mol. The molecule has 1 heterocycles. The number of hydrogen-bond donors (Lipinski definition) is 3. The number of rotatable bonds is 3. The summed E-state index contributed by atoms with van der Waals surface area (Å²) in [5, 5.41) is 18.0. The summed E-state index contributed by atoms with van der Waals surface area (Å²) >= 11 is 0. The van der Waals surface area contributed by atoms with Gasteiger partial charge in [0.2, 0.25) is 0 Å². The van der Waals surface area contributed by atoms with Crippen molar-refractivity contribution in [1.82, 2.24) is 4.98 Å². The number of halogens is 1. The lowest BCUT2D eigenvalue weighted by atomic mass is 10.0. The van der Waals surface area contributed by atoms with Gasteiger partial charge in [0, 0.05) is 11.1 Å². The number of aromatic carboxylic acids is 2. The summed E-state index contributed by atoms with van der Waals surface area (Å²) in [5.74, 6) is -3.40. The third-order valence-corrected chi connectivity index (χ3v) is 2.62. The van der Waals surface area contributed by atoms with Crippen LogP contribution in [0, 0.1) is 5.82 Å². The molecule has 2 aromatic rings. The number of nitrogens with two attached hydrogens (primary N) is 1. The molecule has 6 nitrogen and oxygen atoms in total. The second kappa shape index (κ2) is 4.96. The van der Waals surface area contributed by atoms with Crippen LogP contribution in [-0.2, 0) is 0 Å². The lowest BCUT2D eigenvalue weighted by Gasteiger charge is -2.08. The minimum absolute atomic E-state index is 0.0269. The standard InChI is InChI=1S/C13H9FN2O4/c14-9-3-1-6(12(17)18)5-8(9)7-2-4-10(15)16-11(7)13(19)20/h1-5H,(H2,15,16)(H,17,18)(H,19,20). The highest BCUT2D eigenvalue weighted by Gasteiger charge is 2.18. The molecule has 0 radical (unpaired) electrons. The largest absolute Gasteiger partial charge is 0.478 e. The zero-order chi connectivity index (χ0) is 14.9. The topological polar surface area (TPSA) is 114 Å². The molecular weight excluding hydrogens is 267 g/mol. The molecule has 0 saturated heterocycles. The first kappa shape index (κ1) is 13.5. The molecule has 0 atom stereocenters. The summed E-state index contributed by atoms with van der Waals surface area (Å²) in [7, 11) is 0. The smallest absolute Gasteiger partial charge is 0.355 e. The summed E-state index contributed by atoms with van der Waals surface area (Å²) in [6, 6.07) is 5.70. The molecule has 0 aliphatic rings. The monoisotopic (exact) mass is 276 g/mol. The molecule has 4 N–H and O–H groups in total. The van der Waals surface area contributed by atoms with Crippen molar-refractivity contribution in [3.05, 3.63) is 47.4 Å². The van der Waals surface area contributed by atoms with Crippen molar-refractivity contribution >= 4 is 17.8 Å². The maximum absolute atomic E-state index is 13.8. The van der Waals surface area contributed by atoms with E-state index in [-0.39, 0.29) is 22.5 Å². The zero-order valence-corrected chi connectivity index (χ0v) is 10.0. The Morgan fingerprint density at radius 1 is 1.05 bits per heavy atom. The highest BCUT2D eigenvalue weighted by molar-refractivity contribution is 5.96. The van der Waals surface area contributed by atoms with Gasteiger partial charge in [-0.3, -0.25) is 0 Å². The number of hydrogen-bond acceptors (Lipinski definition) is 4. The van der Waals surface area contributed by atoms with E-state index >= 15 is 0 Å². The van der Waals surface area contributed by atoms with Gasteiger partial charge in [0.1, 0.15) is 11.6 Å². The zero-order valence-electron chi connectivity index (χ0n) is 10.0. The van der Waals surface area contributed by atoms with Gasteiger partial charge in [0.25, 0.3) is 0 Å². The quantitative estimate of drug-likeness (QED) is 0.788. The van der Waals surface area contributed by atoms with Gasteiger partial charge in [-0.1, -0.05) is 0 Å². The molecule has 0 bridgehead atoms. The van der Waals surface area contributed by atoms with E-state index in [1.807, 2.05) is 0 Å². The molecular formula is C13H9FN2O4. The van der Waals surface area contributed by atoms with E-state index < -0.39 is 23.4 Å². The Morgan fingerprint density at radius 2 is 1.75 bits per heavy atom. The highest BCUT2D eigenvalue weighted by Crippen LogP contribution is 2.27. The lowest BCUT2D eigenvalue weighted by molar-refractivity contribution is 0.0684. The Bertz CT molecular complexity index is 716. The van der Waals surface area contributed by atoms with Gasteiger partial charge >= 0.3 is 11.9 Å². The van der Waals surface area contributed by atoms with Gasteiger partial charge in [0.05, 0.1) is 5.56 Å². The van der Waals surface area contributed by atoms with E-state index in [9.17, 15) is 14.0 Å². The molecule has 20 heavy (non-hydrogen) atoms. The molecule has 0 fully saturated rings. The van der Waals surface area contributed by atoms with Crippen LogP contribution in [0.2, 0.25) is 0 Å². The second-order valence-electron chi connectivity index (χ2n) is 3.94. The molecule has 0 aliphatic carbocycles. The summed E-state index contributed by atoms with van der Waals surface area (Å²) in [6.07, 6.45) is 0. The average Bonchev–Trinajstić information content (AvgIpc) is 2.39. The van der Waals surface area contributed by atoms with Gasteiger partial charge in [-0.25, -0.2) is 19.0 Å². The number of aromatic nitrogens is 1. The Kier molecular flexibility index (Phi) is 3.34. The van der Waals surface area contributed by atoms with E-state index in [2.05, 4.69) is 4.98 Å². The van der Waals surface area contributed by atoms with Gasteiger partial charge in [0.15, 0.2) is 5.69 Å². The van der Waals surface area contributed by atoms with Gasteiger partial charge in [-0.15, -0.1) is 0 Å². The molecule has 1 aromatic heterocycles. The van der Waals surface area contributed by atoms with E-state index in [0.29, 0.717) is 0 Å². The van der Waals surface area contributed by atoms with Crippen LogP contribution in [0.4, 0.5) is 10.2 Å². The Hall–Kier alpha value is -2.96. The fraction of sp³-hybridized carbons (Fsp3) is 0. The Morgan fingerprint density at radius 3 is 2.35 bits per heavy atom. The normalized spacial score (nSPS) is 10.2. The first-order valence-electron chi connectivity index (χ1n) is 5.43. The molecule has 0 unspecified atom stereocenters. The minimum Gasteiger partial charge on any atom is -0.478 e. The highest BCUT2D eigenvalue weighted by atomic mass is 19.1. The lowest BCUT2D eigenvalue weighted by Crippen LogP contribution is -2.07. The van der Waals surface area contributed by atoms with Crippen LogP contribution < -0.4 is 5.73 Å². The Labute approximate surface area is 112 Å². The maximum atomic E-state index is 13.8. The van der Waals surface area contributed by atoms with Crippen molar-refractivity contribution in [2.75, 3.05) is 5.73 Å². The molecule has 0 spiro atoms. The predicted octanol–water partition coefficient (Wildman–Crippen LogP) is 1.87. The first-order valence-corrected chi connectivity index (χ1v) is 5.43. The van der Waals surface area contributed by atoms with Crippen LogP contribution >= 0.6 is 0 Å². The number of carboxylic acids is 2. The number of carbonyl (C=O) groups is 2. The van der Waals surface area contributed by atoms with Gasteiger partial charge in [-0.2, -0.15) is 0 Å². The van der Waals surface area contributed by atoms with Gasteiger partial charge in [-0.05, 0) is 30.3 Å². The van der Waals surface area contributed by atoms with Crippen LogP contribution in [0.15, 0.2) is 30.3 Å². The SMILES string of the molecule is Nc1ccc(-c2cc(C(=O)O)ccc2F)c(C(=O)O)n1. The van der Waals surface area contributed by atoms with Gasteiger partial charge < -0.3 is 15.9 Å². The first-order chi connectivity index (χ1) is 9.40. The van der Waals surface area contributed by atoms with Crippen LogP contribution in [0.1, 0.15) is 20.8 Å². The van der Waals surface area contributed by atoms with Crippen molar-refractivity contribution in [3.8, 4) is 11.1 Å². The van der Waals surface area contributed by atoms with E-state index in [1.165, 1.54) is 12.1 Å². The summed E-state index contributed by atoms with van der Waals surface area (Å²) in [6.45, 7) is 0. The number of pyridine rings is 1. The van der Waals surface area contributed by atoms with Crippen LogP contribution in [-0.4, -0.2) is 27.1 Å². The summed E-state index contributed by atoms with van der Waals surface area (Å²) in [5.41, 5.74) is 4.61. The molecule has 0 aliphatic heterocycles. The van der Waals surface area contributed by atoms with Crippen molar-refractivity contribution in [2.45, 2.75) is 0 Å². The number of anilines is 1.